The Labute approximate surface area is 169 Å². The second kappa shape index (κ2) is 8.00. The molecule has 1 unspecified atom stereocenters. The number of hydrogen-bond acceptors (Lipinski definition) is 2. The second-order valence-electron chi connectivity index (χ2n) is 9.48. The van der Waals surface area contributed by atoms with Crippen LogP contribution < -0.4 is 5.32 Å². The van der Waals surface area contributed by atoms with Gasteiger partial charge in [0, 0.05) is 12.6 Å². The van der Waals surface area contributed by atoms with E-state index in [1.807, 2.05) is 0 Å². The van der Waals surface area contributed by atoms with Crippen molar-refractivity contribution in [1.29, 1.82) is 0 Å². The van der Waals surface area contributed by atoms with Gasteiger partial charge in [-0.05, 0) is 73.8 Å². The van der Waals surface area contributed by atoms with E-state index in [2.05, 4.69) is 66.8 Å². The van der Waals surface area contributed by atoms with E-state index in [0.717, 1.165) is 42.9 Å². The Morgan fingerprint density at radius 2 is 1.43 bits per heavy atom. The van der Waals surface area contributed by atoms with E-state index < -0.39 is 0 Å². The van der Waals surface area contributed by atoms with Crippen LogP contribution in [0.1, 0.15) is 54.9 Å². The van der Waals surface area contributed by atoms with Crippen molar-refractivity contribution >= 4 is 0 Å². The van der Waals surface area contributed by atoms with Crippen LogP contribution in [0.3, 0.4) is 0 Å². The maximum atomic E-state index is 6.43. The summed E-state index contributed by atoms with van der Waals surface area (Å²) in [6.07, 6.45) is 7.44. The minimum atomic E-state index is 0.0158. The molecule has 0 spiro atoms. The van der Waals surface area contributed by atoms with Crippen molar-refractivity contribution in [1.82, 2.24) is 5.32 Å². The lowest BCUT2D eigenvalue weighted by atomic mass is 9.54. The molecule has 0 aliphatic heterocycles. The minimum absolute atomic E-state index is 0.0158. The molecule has 4 fully saturated rings. The summed E-state index contributed by atoms with van der Waals surface area (Å²) in [4.78, 5) is 0. The quantitative estimate of drug-likeness (QED) is 0.644. The highest BCUT2D eigenvalue weighted by molar-refractivity contribution is 5.31. The van der Waals surface area contributed by atoms with E-state index >= 15 is 0 Å². The second-order valence-corrected chi connectivity index (χ2v) is 9.48. The van der Waals surface area contributed by atoms with Gasteiger partial charge in [-0.2, -0.15) is 0 Å². The van der Waals surface area contributed by atoms with Gasteiger partial charge in [0.25, 0.3) is 0 Å². The van der Waals surface area contributed by atoms with Gasteiger partial charge in [-0.3, -0.25) is 0 Å². The normalized spacial score (nSPS) is 31.8. The summed E-state index contributed by atoms with van der Waals surface area (Å²) in [6, 6.07) is 20.2. The third-order valence-corrected chi connectivity index (χ3v) is 7.48. The molecule has 2 aromatic rings. The summed E-state index contributed by atoms with van der Waals surface area (Å²) in [5.41, 5.74) is 3.77. The smallest absolute Gasteiger partial charge is 0.108 e. The van der Waals surface area contributed by atoms with Gasteiger partial charge in [0.15, 0.2) is 0 Å². The molecule has 1 N–H and O–H groups in total. The molecule has 4 bridgehead atoms. The summed E-state index contributed by atoms with van der Waals surface area (Å²) < 4.78 is 6.43. The lowest BCUT2D eigenvalue weighted by Gasteiger charge is -2.54. The highest BCUT2D eigenvalue weighted by Gasteiger charge is 2.47. The minimum Gasteiger partial charge on any atom is -0.367 e. The van der Waals surface area contributed by atoms with Crippen molar-refractivity contribution in [2.75, 3.05) is 13.2 Å². The number of benzene rings is 2. The summed E-state index contributed by atoms with van der Waals surface area (Å²) in [6.45, 7) is 3.86. The molecule has 0 amide bonds. The molecular weight excluding hydrogens is 342 g/mol. The Morgan fingerprint density at radius 1 is 0.821 bits per heavy atom. The first kappa shape index (κ1) is 18.4. The average Bonchev–Trinajstić information content (AvgIpc) is 2.71. The van der Waals surface area contributed by atoms with Crippen LogP contribution in [0.2, 0.25) is 0 Å². The molecule has 0 radical (unpaired) electrons. The number of ether oxygens (including phenoxy) is 1. The number of hydrogen-bond donors (Lipinski definition) is 1. The molecule has 0 heterocycles. The van der Waals surface area contributed by atoms with Crippen molar-refractivity contribution in [2.24, 2.45) is 23.7 Å². The van der Waals surface area contributed by atoms with Gasteiger partial charge in [0.05, 0.1) is 6.61 Å². The zero-order valence-electron chi connectivity index (χ0n) is 17.0. The summed E-state index contributed by atoms with van der Waals surface area (Å²) >= 11 is 0. The van der Waals surface area contributed by atoms with Gasteiger partial charge in [-0.25, -0.2) is 0 Å². The van der Waals surface area contributed by atoms with Crippen LogP contribution >= 0.6 is 0 Å². The first-order valence-electron chi connectivity index (χ1n) is 11.2. The standard InChI is InChI=1S/C26H33NO/c1-18-7-9-22(10-8-18)26(21-5-3-2-4-6-21)28-12-11-27-25-23-14-19-13-20(16-23)17-24(25)15-19/h2-10,19-20,23-27H,11-17H2,1H3. The van der Waals surface area contributed by atoms with Crippen molar-refractivity contribution in [2.45, 2.75) is 51.2 Å². The van der Waals surface area contributed by atoms with E-state index in [-0.39, 0.29) is 6.10 Å². The SMILES string of the molecule is Cc1ccc(C(OCCNC2C3CC4CC(C3)CC2C4)c2ccccc2)cc1. The summed E-state index contributed by atoms with van der Waals surface area (Å²) in [5.74, 6) is 3.94. The molecule has 2 nitrogen and oxygen atoms in total. The molecule has 2 heteroatoms. The molecule has 0 aromatic heterocycles. The molecule has 6 rings (SSSR count). The van der Waals surface area contributed by atoms with Crippen molar-refractivity contribution in [3.05, 3.63) is 71.3 Å². The fraction of sp³-hybridized carbons (Fsp3) is 0.538. The van der Waals surface area contributed by atoms with Gasteiger partial charge in [0.1, 0.15) is 6.10 Å². The number of rotatable bonds is 7. The third kappa shape index (κ3) is 3.77. The van der Waals surface area contributed by atoms with Gasteiger partial charge in [0.2, 0.25) is 0 Å². The zero-order chi connectivity index (χ0) is 18.9. The van der Waals surface area contributed by atoms with Crippen LogP contribution in [-0.2, 0) is 4.74 Å². The number of nitrogens with one attached hydrogen (secondary N) is 1. The highest BCUT2D eigenvalue weighted by Crippen LogP contribution is 2.53. The van der Waals surface area contributed by atoms with Crippen LogP contribution in [0.15, 0.2) is 54.6 Å². The van der Waals surface area contributed by atoms with Crippen LogP contribution in [0.5, 0.6) is 0 Å². The molecule has 148 valence electrons. The Kier molecular flexibility index (Phi) is 5.26. The fourth-order valence-corrected chi connectivity index (χ4v) is 6.41. The van der Waals surface area contributed by atoms with Crippen LogP contribution in [-0.4, -0.2) is 19.2 Å². The maximum absolute atomic E-state index is 6.43. The molecule has 28 heavy (non-hydrogen) atoms. The largest absolute Gasteiger partial charge is 0.367 e. The van der Waals surface area contributed by atoms with Crippen molar-refractivity contribution in [3.63, 3.8) is 0 Å². The molecular formula is C26H33NO. The molecule has 1 atom stereocenters. The van der Waals surface area contributed by atoms with E-state index in [1.54, 1.807) is 0 Å². The van der Waals surface area contributed by atoms with Crippen molar-refractivity contribution in [3.8, 4) is 0 Å². The maximum Gasteiger partial charge on any atom is 0.108 e. The predicted molar refractivity (Wildman–Crippen MR) is 114 cm³/mol. The first-order valence-corrected chi connectivity index (χ1v) is 11.2. The summed E-state index contributed by atoms with van der Waals surface area (Å²) in [5, 5.41) is 3.91. The van der Waals surface area contributed by atoms with E-state index in [9.17, 15) is 0 Å². The average molecular weight is 376 g/mol. The van der Waals surface area contributed by atoms with Crippen LogP contribution in [0.25, 0.3) is 0 Å². The highest BCUT2D eigenvalue weighted by atomic mass is 16.5. The third-order valence-electron chi connectivity index (χ3n) is 7.48. The van der Waals surface area contributed by atoms with E-state index in [1.165, 1.54) is 48.8 Å². The topological polar surface area (TPSA) is 21.3 Å². The fourth-order valence-electron chi connectivity index (χ4n) is 6.41. The van der Waals surface area contributed by atoms with E-state index in [0.29, 0.717) is 0 Å². The van der Waals surface area contributed by atoms with E-state index in [4.69, 9.17) is 4.74 Å². The van der Waals surface area contributed by atoms with Gasteiger partial charge in [-0.1, -0.05) is 60.2 Å². The van der Waals surface area contributed by atoms with Crippen LogP contribution in [0.4, 0.5) is 0 Å². The monoisotopic (exact) mass is 375 g/mol. The molecule has 4 aliphatic rings. The van der Waals surface area contributed by atoms with Gasteiger partial charge in [-0.15, -0.1) is 0 Å². The molecule has 4 aliphatic carbocycles. The number of aryl methyl sites for hydroxylation is 1. The Morgan fingerprint density at radius 3 is 2.07 bits per heavy atom. The first-order chi connectivity index (χ1) is 13.8. The lowest BCUT2D eigenvalue weighted by molar-refractivity contribution is -0.0174. The molecule has 2 aromatic carbocycles. The van der Waals surface area contributed by atoms with Crippen molar-refractivity contribution < 1.29 is 4.74 Å². The Hall–Kier alpha value is -1.64. The molecule has 0 saturated heterocycles. The van der Waals surface area contributed by atoms with Crippen LogP contribution in [0, 0.1) is 30.6 Å². The molecule has 4 saturated carbocycles. The Bertz CT molecular complexity index is 741. The lowest BCUT2D eigenvalue weighted by Crippen LogP contribution is -2.55. The van der Waals surface area contributed by atoms with Gasteiger partial charge < -0.3 is 10.1 Å². The predicted octanol–water partition coefficient (Wildman–Crippen LogP) is 5.52. The van der Waals surface area contributed by atoms with Gasteiger partial charge >= 0.3 is 0 Å². The Balaban J connectivity index is 1.20. The summed E-state index contributed by atoms with van der Waals surface area (Å²) in [7, 11) is 0. The zero-order valence-corrected chi connectivity index (χ0v) is 17.0.